The number of hydrogen-bond donors (Lipinski definition) is 0. The summed E-state index contributed by atoms with van der Waals surface area (Å²) in [5, 5.41) is 30.4. The minimum absolute atomic E-state index is 0.0284. The molecule has 4 rings (SSSR count). The van der Waals surface area contributed by atoms with Crippen LogP contribution >= 0.6 is 0 Å². The molecule has 4 aromatic rings. The third-order valence-electron chi connectivity index (χ3n) is 4.26. The minimum Gasteiger partial charge on any atom is -0.275 e. The summed E-state index contributed by atoms with van der Waals surface area (Å²) >= 11 is 0. The number of non-ortho nitro benzene ring substituents is 2. The minimum atomic E-state index is -0.473. The molecule has 0 atom stereocenters. The molecule has 2 heterocycles. The number of aromatic nitrogens is 4. The third kappa shape index (κ3) is 3.41. The first kappa shape index (κ1) is 17.9. The summed E-state index contributed by atoms with van der Waals surface area (Å²) in [5.74, 6) is 0.943. The molecule has 0 spiro atoms. The molecule has 0 saturated carbocycles. The Labute approximate surface area is 163 Å². The average Bonchev–Trinajstić information content (AvgIpc) is 3.19. The molecule has 0 amide bonds. The molecule has 0 aliphatic carbocycles. The van der Waals surface area contributed by atoms with E-state index in [0.717, 1.165) is 5.69 Å². The van der Waals surface area contributed by atoms with Crippen LogP contribution in [0.15, 0.2) is 73.1 Å². The van der Waals surface area contributed by atoms with Gasteiger partial charge in [0.25, 0.3) is 11.4 Å². The Kier molecular flexibility index (Phi) is 4.49. The summed E-state index contributed by atoms with van der Waals surface area (Å²) < 4.78 is 1.77. The van der Waals surface area contributed by atoms with E-state index in [-0.39, 0.29) is 11.4 Å². The molecule has 142 valence electrons. The molecule has 10 heteroatoms. The van der Waals surface area contributed by atoms with Crippen molar-refractivity contribution < 1.29 is 9.85 Å². The van der Waals surface area contributed by atoms with Crippen molar-refractivity contribution in [3.63, 3.8) is 0 Å². The molecular formula is C19H12N6O4. The van der Waals surface area contributed by atoms with Gasteiger partial charge in [0.1, 0.15) is 0 Å². The van der Waals surface area contributed by atoms with Crippen molar-refractivity contribution in [1.29, 1.82) is 0 Å². The summed E-state index contributed by atoms with van der Waals surface area (Å²) in [4.78, 5) is 24.9. The number of benzene rings is 2. The third-order valence-corrected chi connectivity index (χ3v) is 4.26. The molecule has 2 aromatic heterocycles. The van der Waals surface area contributed by atoms with Crippen LogP contribution in [0.2, 0.25) is 0 Å². The molecule has 0 radical (unpaired) electrons. The second-order valence-corrected chi connectivity index (χ2v) is 6.00. The average molecular weight is 388 g/mol. The number of nitrogens with zero attached hydrogens (tertiary/aromatic N) is 6. The smallest absolute Gasteiger partial charge is 0.269 e. The Morgan fingerprint density at radius 2 is 1.07 bits per heavy atom. The highest BCUT2D eigenvalue weighted by molar-refractivity contribution is 5.67. The Morgan fingerprint density at radius 1 is 0.655 bits per heavy atom. The topological polar surface area (TPSA) is 130 Å². The van der Waals surface area contributed by atoms with E-state index in [2.05, 4.69) is 15.2 Å². The predicted molar refractivity (Wildman–Crippen MR) is 103 cm³/mol. The van der Waals surface area contributed by atoms with Gasteiger partial charge in [0.15, 0.2) is 11.6 Å². The van der Waals surface area contributed by atoms with Crippen molar-refractivity contribution in [2.24, 2.45) is 0 Å². The van der Waals surface area contributed by atoms with Crippen LogP contribution in [-0.4, -0.2) is 29.6 Å². The van der Waals surface area contributed by atoms with Gasteiger partial charge in [-0.15, -0.1) is 10.2 Å². The standard InChI is InChI=1S/C19H12N6O4/c26-24(27)16-5-1-13(2-6-16)18-21-22-19(23(18)15-9-11-20-12-10-15)14-3-7-17(8-4-14)25(28)29/h1-12H. The summed E-state index contributed by atoms with van der Waals surface area (Å²) in [6, 6.07) is 15.5. The van der Waals surface area contributed by atoms with Crippen molar-refractivity contribution in [1.82, 2.24) is 19.7 Å². The van der Waals surface area contributed by atoms with Crippen molar-refractivity contribution in [2.75, 3.05) is 0 Å². The van der Waals surface area contributed by atoms with Gasteiger partial charge in [-0.2, -0.15) is 0 Å². The molecule has 0 fully saturated rings. The maximum absolute atomic E-state index is 10.9. The maximum atomic E-state index is 10.9. The number of nitro benzene ring substituents is 2. The fourth-order valence-corrected chi connectivity index (χ4v) is 2.86. The first-order chi connectivity index (χ1) is 14.0. The van der Waals surface area contributed by atoms with Crippen LogP contribution in [0.1, 0.15) is 0 Å². The lowest BCUT2D eigenvalue weighted by Gasteiger charge is -2.10. The second kappa shape index (κ2) is 7.27. The first-order valence-corrected chi connectivity index (χ1v) is 8.40. The number of rotatable bonds is 5. The van der Waals surface area contributed by atoms with Crippen LogP contribution in [-0.2, 0) is 0 Å². The van der Waals surface area contributed by atoms with E-state index in [1.807, 2.05) is 0 Å². The van der Waals surface area contributed by atoms with Crippen molar-refractivity contribution in [3.05, 3.63) is 93.3 Å². The predicted octanol–water partition coefficient (Wildman–Crippen LogP) is 3.81. The number of hydrogen-bond acceptors (Lipinski definition) is 7. The molecule has 0 aliphatic heterocycles. The van der Waals surface area contributed by atoms with Crippen molar-refractivity contribution in [2.45, 2.75) is 0 Å². The fraction of sp³-hybridized carbons (Fsp3) is 0. The van der Waals surface area contributed by atoms with Gasteiger partial charge in [-0.1, -0.05) is 0 Å². The zero-order valence-corrected chi connectivity index (χ0v) is 14.7. The summed E-state index contributed by atoms with van der Waals surface area (Å²) in [7, 11) is 0. The Bertz CT molecular complexity index is 1110. The van der Waals surface area contributed by atoms with E-state index in [4.69, 9.17) is 0 Å². The zero-order valence-electron chi connectivity index (χ0n) is 14.7. The second-order valence-electron chi connectivity index (χ2n) is 6.00. The zero-order chi connectivity index (χ0) is 20.4. The van der Waals surface area contributed by atoms with Gasteiger partial charge >= 0.3 is 0 Å². The van der Waals surface area contributed by atoms with E-state index < -0.39 is 9.85 Å². The quantitative estimate of drug-likeness (QED) is 0.375. The number of nitro groups is 2. The highest BCUT2D eigenvalue weighted by Crippen LogP contribution is 2.30. The van der Waals surface area contributed by atoms with Gasteiger partial charge in [0.05, 0.1) is 15.5 Å². The van der Waals surface area contributed by atoms with Crippen molar-refractivity contribution >= 4 is 11.4 Å². The monoisotopic (exact) mass is 388 g/mol. The normalized spacial score (nSPS) is 10.6. The van der Waals surface area contributed by atoms with Crippen LogP contribution in [0, 0.1) is 20.2 Å². The van der Waals surface area contributed by atoms with Crippen LogP contribution in [0.3, 0.4) is 0 Å². The van der Waals surface area contributed by atoms with Gasteiger partial charge in [-0.25, -0.2) is 0 Å². The molecular weight excluding hydrogens is 376 g/mol. The summed E-state index contributed by atoms with van der Waals surface area (Å²) in [5.41, 5.74) is 1.94. The molecule has 0 N–H and O–H groups in total. The lowest BCUT2D eigenvalue weighted by atomic mass is 10.1. The Morgan fingerprint density at radius 3 is 1.45 bits per heavy atom. The molecule has 0 aliphatic rings. The van der Waals surface area contributed by atoms with Crippen LogP contribution in [0.25, 0.3) is 28.5 Å². The molecule has 0 bridgehead atoms. The molecule has 29 heavy (non-hydrogen) atoms. The number of pyridine rings is 1. The van der Waals surface area contributed by atoms with Crippen molar-refractivity contribution in [3.8, 4) is 28.5 Å². The fourth-order valence-electron chi connectivity index (χ4n) is 2.86. The lowest BCUT2D eigenvalue weighted by Crippen LogP contribution is -2.01. The van der Waals surface area contributed by atoms with Gasteiger partial charge in [-0.05, 0) is 36.4 Å². The highest BCUT2D eigenvalue weighted by Gasteiger charge is 2.18. The van der Waals surface area contributed by atoms with E-state index in [9.17, 15) is 20.2 Å². The Balaban J connectivity index is 1.87. The Hall–Kier alpha value is -4.47. The molecule has 10 nitrogen and oxygen atoms in total. The van der Waals surface area contributed by atoms with Gasteiger partial charge in [0.2, 0.25) is 0 Å². The molecule has 2 aromatic carbocycles. The maximum Gasteiger partial charge on any atom is 0.269 e. The lowest BCUT2D eigenvalue weighted by molar-refractivity contribution is -0.385. The largest absolute Gasteiger partial charge is 0.275 e. The summed E-state index contributed by atoms with van der Waals surface area (Å²) in [6.45, 7) is 0. The SMILES string of the molecule is O=[N+]([O-])c1ccc(-c2nnc(-c3ccc([N+](=O)[O-])cc3)n2-c2ccncc2)cc1. The summed E-state index contributed by atoms with van der Waals surface area (Å²) in [6.07, 6.45) is 3.24. The van der Waals surface area contributed by atoms with E-state index >= 15 is 0 Å². The van der Waals surface area contributed by atoms with Crippen LogP contribution in [0.5, 0.6) is 0 Å². The van der Waals surface area contributed by atoms with Gasteiger partial charge in [-0.3, -0.25) is 29.8 Å². The van der Waals surface area contributed by atoms with E-state index in [0.29, 0.717) is 22.8 Å². The van der Waals surface area contributed by atoms with Crippen LogP contribution < -0.4 is 0 Å². The van der Waals surface area contributed by atoms with E-state index in [1.165, 1.54) is 24.3 Å². The van der Waals surface area contributed by atoms with Gasteiger partial charge < -0.3 is 0 Å². The van der Waals surface area contributed by atoms with Crippen LogP contribution in [0.4, 0.5) is 11.4 Å². The van der Waals surface area contributed by atoms with E-state index in [1.54, 1.807) is 53.4 Å². The first-order valence-electron chi connectivity index (χ1n) is 8.40. The highest BCUT2D eigenvalue weighted by atomic mass is 16.6. The molecule has 0 saturated heterocycles. The van der Waals surface area contributed by atoms with Gasteiger partial charge in [0, 0.05) is 47.8 Å². The molecule has 0 unspecified atom stereocenters.